The number of benzene rings is 2. The first kappa shape index (κ1) is 21.8. The molecule has 2 heterocycles. The van der Waals surface area contributed by atoms with E-state index >= 15 is 0 Å². The molecule has 6 nitrogen and oxygen atoms in total. The van der Waals surface area contributed by atoms with Crippen LogP contribution in [0, 0.1) is 0 Å². The Labute approximate surface area is 192 Å². The Morgan fingerprint density at radius 2 is 1.81 bits per heavy atom. The van der Waals surface area contributed by atoms with E-state index in [9.17, 15) is 4.79 Å². The Hall–Kier alpha value is -3.45. The molecule has 0 saturated heterocycles. The summed E-state index contributed by atoms with van der Waals surface area (Å²) in [5.41, 5.74) is 3.82. The van der Waals surface area contributed by atoms with Crippen molar-refractivity contribution in [1.29, 1.82) is 0 Å². The number of amides is 1. The second-order valence-corrected chi connectivity index (χ2v) is 8.39. The average Bonchev–Trinajstić information content (AvgIpc) is 3.28. The fourth-order valence-corrected chi connectivity index (χ4v) is 4.18. The van der Waals surface area contributed by atoms with E-state index in [0.717, 1.165) is 28.9 Å². The highest BCUT2D eigenvalue weighted by Crippen LogP contribution is 2.29. The van der Waals surface area contributed by atoms with Crippen molar-refractivity contribution < 1.29 is 4.79 Å². The Morgan fingerprint density at radius 1 is 1.03 bits per heavy atom. The summed E-state index contributed by atoms with van der Waals surface area (Å²) >= 11 is 1.36. The molecule has 32 heavy (non-hydrogen) atoms. The standard InChI is InChI=1S/C25H25N5OS/c1-3-18(2)21-13-7-8-14-22(21)27-23(31)17-32-25-29-28-24(19-10-9-15-26-16-19)30(25)20-11-5-4-6-12-20/h4-16,18H,3,17H2,1-2H3,(H,27,31)/t18-/m0/s1. The van der Waals surface area contributed by atoms with E-state index in [1.807, 2.05) is 65.2 Å². The smallest absolute Gasteiger partial charge is 0.234 e. The second kappa shape index (κ2) is 10.2. The van der Waals surface area contributed by atoms with Gasteiger partial charge in [-0.1, -0.05) is 62.0 Å². The van der Waals surface area contributed by atoms with Crippen molar-refractivity contribution in [2.24, 2.45) is 0 Å². The Balaban J connectivity index is 1.56. The summed E-state index contributed by atoms with van der Waals surface area (Å²) in [6, 6.07) is 21.7. The predicted molar refractivity (Wildman–Crippen MR) is 129 cm³/mol. The van der Waals surface area contributed by atoms with Crippen molar-refractivity contribution in [3.63, 3.8) is 0 Å². The maximum Gasteiger partial charge on any atom is 0.234 e. The van der Waals surface area contributed by atoms with Crippen LogP contribution in [0.5, 0.6) is 0 Å². The predicted octanol–water partition coefficient (Wildman–Crippen LogP) is 5.57. The minimum absolute atomic E-state index is 0.0729. The molecule has 1 N–H and O–H groups in total. The number of nitrogens with one attached hydrogen (secondary N) is 1. The first-order valence-corrected chi connectivity index (χ1v) is 11.6. The molecular weight excluding hydrogens is 418 g/mol. The van der Waals surface area contributed by atoms with Gasteiger partial charge in [0.15, 0.2) is 11.0 Å². The molecule has 2 aromatic carbocycles. The van der Waals surface area contributed by atoms with Gasteiger partial charge in [-0.25, -0.2) is 0 Å². The number of carbonyl (C=O) groups excluding carboxylic acids is 1. The molecule has 0 aliphatic rings. The number of rotatable bonds is 8. The summed E-state index contributed by atoms with van der Waals surface area (Å²) in [5.74, 6) is 1.22. The van der Waals surface area contributed by atoms with Crippen LogP contribution >= 0.6 is 11.8 Å². The molecule has 0 aliphatic carbocycles. The van der Waals surface area contributed by atoms with Crippen LogP contribution in [0.2, 0.25) is 0 Å². The van der Waals surface area contributed by atoms with Crippen LogP contribution in [0.3, 0.4) is 0 Å². The molecule has 1 atom stereocenters. The molecule has 0 fully saturated rings. The maximum atomic E-state index is 12.8. The van der Waals surface area contributed by atoms with Crippen molar-refractivity contribution in [1.82, 2.24) is 19.7 Å². The lowest BCUT2D eigenvalue weighted by molar-refractivity contribution is -0.113. The van der Waals surface area contributed by atoms with Gasteiger partial charge in [0.1, 0.15) is 0 Å². The van der Waals surface area contributed by atoms with Gasteiger partial charge in [-0.15, -0.1) is 10.2 Å². The van der Waals surface area contributed by atoms with Crippen LogP contribution in [0.25, 0.3) is 17.1 Å². The zero-order valence-electron chi connectivity index (χ0n) is 18.1. The summed E-state index contributed by atoms with van der Waals surface area (Å²) in [6.07, 6.45) is 4.50. The van der Waals surface area contributed by atoms with Gasteiger partial charge >= 0.3 is 0 Å². The number of para-hydroxylation sites is 2. The van der Waals surface area contributed by atoms with E-state index in [-0.39, 0.29) is 11.7 Å². The lowest BCUT2D eigenvalue weighted by Gasteiger charge is -2.15. The van der Waals surface area contributed by atoms with Crippen molar-refractivity contribution in [3.05, 3.63) is 84.7 Å². The van der Waals surface area contributed by atoms with E-state index in [1.165, 1.54) is 11.8 Å². The Kier molecular flexibility index (Phi) is 6.97. The molecule has 4 rings (SSSR count). The number of aromatic nitrogens is 4. The largest absolute Gasteiger partial charge is 0.325 e. The van der Waals surface area contributed by atoms with Crippen molar-refractivity contribution in [2.75, 3.05) is 11.1 Å². The third kappa shape index (κ3) is 4.89. The van der Waals surface area contributed by atoms with Gasteiger partial charge in [0.2, 0.25) is 5.91 Å². The third-order valence-electron chi connectivity index (χ3n) is 5.28. The fraction of sp³-hybridized carbons (Fsp3) is 0.200. The monoisotopic (exact) mass is 443 g/mol. The van der Waals surface area contributed by atoms with Gasteiger partial charge in [0, 0.05) is 29.3 Å². The molecule has 7 heteroatoms. The lowest BCUT2D eigenvalue weighted by atomic mass is 9.97. The normalized spacial score (nSPS) is 11.8. The molecule has 0 saturated carbocycles. The van der Waals surface area contributed by atoms with Gasteiger partial charge in [0.25, 0.3) is 0 Å². The summed E-state index contributed by atoms with van der Waals surface area (Å²) in [6.45, 7) is 4.32. The third-order valence-corrected chi connectivity index (χ3v) is 6.21. The minimum Gasteiger partial charge on any atom is -0.325 e. The first-order chi connectivity index (χ1) is 15.7. The molecule has 0 bridgehead atoms. The number of hydrogen-bond acceptors (Lipinski definition) is 5. The highest BCUT2D eigenvalue weighted by molar-refractivity contribution is 7.99. The SMILES string of the molecule is CC[C@H](C)c1ccccc1NC(=O)CSc1nnc(-c2cccnc2)n1-c1ccccc1. The molecule has 0 spiro atoms. The van der Waals surface area contributed by atoms with Crippen molar-refractivity contribution in [2.45, 2.75) is 31.3 Å². The average molecular weight is 444 g/mol. The summed E-state index contributed by atoms with van der Waals surface area (Å²) in [7, 11) is 0. The summed E-state index contributed by atoms with van der Waals surface area (Å²) < 4.78 is 1.96. The molecule has 4 aromatic rings. The molecule has 0 unspecified atom stereocenters. The minimum atomic E-state index is -0.0729. The van der Waals surface area contributed by atoms with Crippen LogP contribution in [0.1, 0.15) is 31.7 Å². The second-order valence-electron chi connectivity index (χ2n) is 7.45. The van der Waals surface area contributed by atoms with Crippen LogP contribution in [0.15, 0.2) is 84.3 Å². The quantitative estimate of drug-likeness (QED) is 0.360. The molecule has 162 valence electrons. The Morgan fingerprint density at radius 3 is 2.56 bits per heavy atom. The number of pyridine rings is 1. The molecular formula is C25H25N5OS. The van der Waals surface area contributed by atoms with Gasteiger partial charge < -0.3 is 5.32 Å². The Bertz CT molecular complexity index is 1180. The molecule has 0 aliphatic heterocycles. The number of nitrogens with zero attached hydrogens (tertiary/aromatic N) is 4. The highest BCUT2D eigenvalue weighted by Gasteiger charge is 2.18. The first-order valence-electron chi connectivity index (χ1n) is 10.6. The van der Waals surface area contributed by atoms with E-state index in [4.69, 9.17) is 0 Å². The summed E-state index contributed by atoms with van der Waals surface area (Å²) in [4.78, 5) is 17.0. The number of carbonyl (C=O) groups is 1. The molecule has 2 aromatic heterocycles. The van der Waals surface area contributed by atoms with E-state index < -0.39 is 0 Å². The molecule has 0 radical (unpaired) electrons. The lowest BCUT2D eigenvalue weighted by Crippen LogP contribution is -2.16. The van der Waals surface area contributed by atoms with E-state index in [1.54, 1.807) is 12.4 Å². The van der Waals surface area contributed by atoms with Gasteiger partial charge in [0.05, 0.1) is 5.75 Å². The zero-order valence-corrected chi connectivity index (χ0v) is 18.9. The van der Waals surface area contributed by atoms with Crippen LogP contribution < -0.4 is 5.32 Å². The van der Waals surface area contributed by atoms with Crippen LogP contribution in [-0.2, 0) is 4.79 Å². The highest BCUT2D eigenvalue weighted by atomic mass is 32.2. The summed E-state index contributed by atoms with van der Waals surface area (Å²) in [5, 5.41) is 12.5. The van der Waals surface area contributed by atoms with Crippen molar-refractivity contribution >= 4 is 23.4 Å². The zero-order chi connectivity index (χ0) is 22.3. The number of anilines is 1. The van der Waals surface area contributed by atoms with Gasteiger partial charge in [-0.2, -0.15) is 0 Å². The van der Waals surface area contributed by atoms with E-state index in [0.29, 0.717) is 16.9 Å². The fourth-order valence-electron chi connectivity index (χ4n) is 3.43. The van der Waals surface area contributed by atoms with Crippen LogP contribution in [-0.4, -0.2) is 31.4 Å². The van der Waals surface area contributed by atoms with Gasteiger partial charge in [-0.05, 0) is 48.2 Å². The topological polar surface area (TPSA) is 72.7 Å². The van der Waals surface area contributed by atoms with E-state index in [2.05, 4.69) is 40.4 Å². The van der Waals surface area contributed by atoms with Crippen LogP contribution in [0.4, 0.5) is 5.69 Å². The van der Waals surface area contributed by atoms with Gasteiger partial charge in [-0.3, -0.25) is 14.3 Å². The molecule has 1 amide bonds. The number of hydrogen-bond donors (Lipinski definition) is 1. The maximum absolute atomic E-state index is 12.8. The van der Waals surface area contributed by atoms with Crippen molar-refractivity contribution in [3.8, 4) is 17.1 Å². The number of thioether (sulfide) groups is 1.